The minimum absolute atomic E-state index is 0.0449. The number of para-hydroxylation sites is 4. The minimum atomic E-state index is -0.0449. The van der Waals surface area contributed by atoms with Crippen molar-refractivity contribution >= 4 is 33.9 Å². The lowest BCUT2D eigenvalue weighted by Crippen LogP contribution is -2.09. The van der Waals surface area contributed by atoms with E-state index < -0.39 is 0 Å². The number of aromatic nitrogens is 4. The first-order chi connectivity index (χ1) is 44.5. The molecule has 0 radical (unpaired) electrons. The average Bonchev–Trinajstić information content (AvgIpc) is 1.53. The summed E-state index contributed by atoms with van der Waals surface area (Å²) in [5, 5.41) is 0. The van der Waals surface area contributed by atoms with Crippen LogP contribution in [0.4, 0.5) is 0 Å². The Kier molecular flexibility index (Phi) is 16.8. The third-order valence-corrected chi connectivity index (χ3v) is 16.6. The standard InChI is InChI=1S/2C38H24N2O.C5H12O.C2H6/c2*41-38-36-34(28-21-11-4-12-22-28)32(26-17-7-2-8-18-26)31(25-15-5-1-6-16-25)33(27-19-9-3-10-20-27)35(36)37-39-29-23-13-14-24-30(29)40(37)38;1-3-4-5-6-2;1-2/h2*1-24H;3-5H2,1-2H3;1-2H3. The van der Waals surface area contributed by atoms with Gasteiger partial charge in [-0.2, -0.15) is 0 Å². The minimum Gasteiger partial charge on any atom is -0.385 e. The van der Waals surface area contributed by atoms with Crippen molar-refractivity contribution in [3.8, 4) is 112 Å². The van der Waals surface area contributed by atoms with Crippen LogP contribution >= 0.6 is 0 Å². The highest BCUT2D eigenvalue weighted by molar-refractivity contribution is 6.26. The zero-order valence-corrected chi connectivity index (χ0v) is 50.8. The second-order valence-electron chi connectivity index (χ2n) is 21.9. The molecule has 0 N–H and O–H groups in total. The number of fused-ring (bicyclic) bond motifs is 10. The number of carbonyl (C=O) groups is 2. The van der Waals surface area contributed by atoms with Gasteiger partial charge in [0.15, 0.2) is 0 Å². The molecule has 0 fully saturated rings. The van der Waals surface area contributed by atoms with Gasteiger partial charge in [0, 0.05) is 47.1 Å². The van der Waals surface area contributed by atoms with Gasteiger partial charge in [-0.25, -0.2) is 9.97 Å². The summed E-state index contributed by atoms with van der Waals surface area (Å²) in [5.74, 6) is 1.30. The second-order valence-corrected chi connectivity index (χ2v) is 21.9. The van der Waals surface area contributed by atoms with E-state index in [1.165, 1.54) is 12.8 Å². The molecule has 0 saturated carbocycles. The van der Waals surface area contributed by atoms with Crippen LogP contribution in [0, 0.1) is 0 Å². The summed E-state index contributed by atoms with van der Waals surface area (Å²) in [4.78, 5) is 39.6. The van der Waals surface area contributed by atoms with E-state index in [1.54, 1.807) is 7.11 Å². The molecule has 0 atom stereocenters. The predicted molar refractivity (Wildman–Crippen MR) is 371 cm³/mol. The van der Waals surface area contributed by atoms with Gasteiger partial charge in [-0.15, -0.1) is 0 Å². The Hall–Kier alpha value is -11.1. The zero-order chi connectivity index (χ0) is 61.5. The highest BCUT2D eigenvalue weighted by Crippen LogP contribution is 2.57. The average molecular weight is 1170 g/mol. The Balaban J connectivity index is 0.000000148. The SMILES string of the molecule is CC.CCCCOC.O=C1c2c(-c3ccccc3)c(-c3ccccc3)c(-c3ccccc3)c(-c3ccccc3)c2-c2nc3ccccc3n21.O=C1c2c(-c3ccccc3)c(-c3ccccc3)c(-c3ccccc3)c(-c3ccccc3)c2-c2nc3ccccc3n21. The van der Waals surface area contributed by atoms with Crippen molar-refractivity contribution in [2.24, 2.45) is 0 Å². The molecule has 90 heavy (non-hydrogen) atoms. The van der Waals surface area contributed by atoms with Crippen LogP contribution in [0.25, 0.3) is 134 Å². The van der Waals surface area contributed by atoms with Gasteiger partial charge in [-0.1, -0.05) is 294 Å². The van der Waals surface area contributed by atoms with Crippen LogP contribution in [0.15, 0.2) is 291 Å². The summed E-state index contributed by atoms with van der Waals surface area (Å²) < 4.78 is 8.40. The van der Waals surface area contributed by atoms with Crippen LogP contribution in [0.3, 0.4) is 0 Å². The van der Waals surface area contributed by atoms with Crippen LogP contribution in [-0.4, -0.2) is 44.6 Å². The fraction of sp³-hybridized carbons (Fsp3) is 0.0843. The number of ether oxygens (including phenoxy) is 1. The fourth-order valence-electron chi connectivity index (χ4n) is 12.8. The first-order valence-corrected chi connectivity index (χ1v) is 31.0. The van der Waals surface area contributed by atoms with Crippen molar-refractivity contribution in [2.45, 2.75) is 33.6 Å². The lowest BCUT2D eigenvalue weighted by molar-refractivity contribution is 0.0965. The first kappa shape index (κ1) is 57.9. The molecule has 0 aliphatic carbocycles. The van der Waals surface area contributed by atoms with E-state index in [0.29, 0.717) is 22.8 Å². The summed E-state index contributed by atoms with van der Waals surface area (Å²) in [6.07, 6.45) is 2.42. The van der Waals surface area contributed by atoms with Gasteiger partial charge in [0.1, 0.15) is 11.6 Å². The molecule has 0 spiro atoms. The maximum absolute atomic E-state index is 14.7. The van der Waals surface area contributed by atoms with Crippen LogP contribution in [0.1, 0.15) is 54.3 Å². The summed E-state index contributed by atoms with van der Waals surface area (Å²) in [6, 6.07) is 99.2. The summed E-state index contributed by atoms with van der Waals surface area (Å²) in [7, 11) is 1.73. The Morgan fingerprint density at radius 3 is 0.722 bits per heavy atom. The van der Waals surface area contributed by atoms with E-state index in [9.17, 15) is 9.59 Å². The molecule has 0 saturated heterocycles. The maximum atomic E-state index is 14.7. The van der Waals surface area contributed by atoms with E-state index in [-0.39, 0.29) is 11.8 Å². The quantitative estimate of drug-likeness (QED) is 0.121. The number of hydrogen-bond acceptors (Lipinski definition) is 5. The molecule has 2 aliphatic heterocycles. The van der Waals surface area contributed by atoms with E-state index in [0.717, 1.165) is 129 Å². The number of imidazole rings is 2. The molecule has 14 aromatic rings. The molecule has 0 amide bonds. The molecule has 0 unspecified atom stereocenters. The van der Waals surface area contributed by atoms with Crippen molar-refractivity contribution in [1.82, 2.24) is 19.1 Å². The van der Waals surface area contributed by atoms with Gasteiger partial charge in [-0.3, -0.25) is 18.7 Å². The third-order valence-electron chi connectivity index (χ3n) is 16.6. The summed E-state index contributed by atoms with van der Waals surface area (Å²) in [5.41, 5.74) is 23.0. The molecular formula is C83H66N4O3. The molecule has 12 aromatic carbocycles. The number of benzene rings is 12. The number of carbonyl (C=O) groups excluding carboxylic acids is 2. The molecule has 16 rings (SSSR count). The predicted octanol–water partition coefficient (Wildman–Crippen LogP) is 21.2. The van der Waals surface area contributed by atoms with Crippen molar-refractivity contribution in [3.05, 3.63) is 302 Å². The Labute approximate surface area is 525 Å². The van der Waals surface area contributed by atoms with E-state index in [2.05, 4.69) is 177 Å². The molecule has 0 bridgehead atoms. The fourth-order valence-corrected chi connectivity index (χ4v) is 12.8. The molecule has 436 valence electrons. The lowest BCUT2D eigenvalue weighted by Gasteiger charge is -2.24. The van der Waals surface area contributed by atoms with Gasteiger partial charge in [0.05, 0.1) is 33.2 Å². The maximum Gasteiger partial charge on any atom is 0.265 e. The first-order valence-electron chi connectivity index (χ1n) is 31.0. The normalized spacial score (nSPS) is 11.6. The highest BCUT2D eigenvalue weighted by atomic mass is 16.5. The molecule has 2 aromatic heterocycles. The number of hydrogen-bond donors (Lipinski definition) is 0. The van der Waals surface area contributed by atoms with Gasteiger partial charge >= 0.3 is 0 Å². The number of methoxy groups -OCH3 is 1. The zero-order valence-electron chi connectivity index (χ0n) is 50.8. The van der Waals surface area contributed by atoms with Crippen molar-refractivity contribution in [3.63, 3.8) is 0 Å². The summed E-state index contributed by atoms with van der Waals surface area (Å²) >= 11 is 0. The largest absolute Gasteiger partial charge is 0.385 e. The van der Waals surface area contributed by atoms with Gasteiger partial charge in [0.2, 0.25) is 0 Å². The van der Waals surface area contributed by atoms with Crippen LogP contribution in [0.5, 0.6) is 0 Å². The van der Waals surface area contributed by atoms with Gasteiger partial charge < -0.3 is 4.74 Å². The van der Waals surface area contributed by atoms with Crippen LogP contribution in [0.2, 0.25) is 0 Å². The van der Waals surface area contributed by atoms with Gasteiger partial charge in [0.25, 0.3) is 11.8 Å². The van der Waals surface area contributed by atoms with E-state index in [1.807, 2.05) is 144 Å². The van der Waals surface area contributed by atoms with E-state index >= 15 is 0 Å². The molecular weight excluding hydrogens is 1100 g/mol. The smallest absolute Gasteiger partial charge is 0.265 e. The summed E-state index contributed by atoms with van der Waals surface area (Å²) in [6.45, 7) is 7.06. The topological polar surface area (TPSA) is 79.0 Å². The number of nitrogens with zero attached hydrogens (tertiary/aromatic N) is 4. The van der Waals surface area contributed by atoms with Crippen molar-refractivity contribution in [2.75, 3.05) is 13.7 Å². The second kappa shape index (κ2) is 26.1. The van der Waals surface area contributed by atoms with Crippen molar-refractivity contribution in [1.29, 1.82) is 0 Å². The lowest BCUT2D eigenvalue weighted by atomic mass is 9.77. The van der Waals surface area contributed by atoms with Crippen LogP contribution < -0.4 is 0 Å². The third kappa shape index (κ3) is 10.4. The van der Waals surface area contributed by atoms with Gasteiger partial charge in [-0.05, 0) is 97.4 Å². The number of rotatable bonds is 11. The molecule has 7 heteroatoms. The van der Waals surface area contributed by atoms with Crippen molar-refractivity contribution < 1.29 is 14.3 Å². The highest BCUT2D eigenvalue weighted by Gasteiger charge is 2.41. The molecule has 4 heterocycles. The Bertz CT molecular complexity index is 4540. The van der Waals surface area contributed by atoms with Crippen LogP contribution in [-0.2, 0) is 4.74 Å². The molecule has 2 aliphatic rings. The molecule has 7 nitrogen and oxygen atoms in total. The Morgan fingerprint density at radius 2 is 0.500 bits per heavy atom. The van der Waals surface area contributed by atoms with E-state index in [4.69, 9.17) is 14.7 Å². The monoisotopic (exact) mass is 1170 g/mol. The Morgan fingerprint density at radius 1 is 0.289 bits per heavy atom. The number of unbranched alkanes of at least 4 members (excludes halogenated alkanes) is 1.